The maximum absolute atomic E-state index is 10.6. The number of nitrogens with zero attached hydrogens (tertiary/aromatic N) is 3. The molecule has 2 aromatic rings. The van der Waals surface area contributed by atoms with Crippen molar-refractivity contribution in [1.82, 2.24) is 0 Å². The predicted molar refractivity (Wildman–Crippen MR) is 77.7 cm³/mol. The van der Waals surface area contributed by atoms with E-state index in [9.17, 15) is 15.4 Å². The lowest BCUT2D eigenvalue weighted by Gasteiger charge is -2.00. The molecule has 0 aromatic heterocycles. The van der Waals surface area contributed by atoms with Gasteiger partial charge in [-0.25, -0.2) is 0 Å². The van der Waals surface area contributed by atoms with Crippen LogP contribution >= 0.6 is 0 Å². The maximum Gasteiger partial charge on any atom is 0.269 e. The van der Waals surface area contributed by atoms with Crippen LogP contribution in [-0.4, -0.2) is 4.92 Å². The van der Waals surface area contributed by atoms with Gasteiger partial charge in [0.15, 0.2) is 0 Å². The SMILES string of the molecule is N#C/C(=C\c1ccc([N+](=O)[O-])cc1)c1ccc(C#N)cc1. The first-order chi connectivity index (χ1) is 10.1. The Morgan fingerprint density at radius 1 is 1.05 bits per heavy atom. The van der Waals surface area contributed by atoms with E-state index in [2.05, 4.69) is 6.07 Å². The van der Waals surface area contributed by atoms with E-state index in [0.29, 0.717) is 22.3 Å². The molecule has 0 spiro atoms. The molecular weight excluding hydrogens is 266 g/mol. The van der Waals surface area contributed by atoms with Gasteiger partial charge in [-0.1, -0.05) is 12.1 Å². The van der Waals surface area contributed by atoms with Gasteiger partial charge in [-0.3, -0.25) is 10.1 Å². The van der Waals surface area contributed by atoms with Crippen LogP contribution in [0.4, 0.5) is 5.69 Å². The van der Waals surface area contributed by atoms with Gasteiger partial charge in [0, 0.05) is 12.1 Å². The summed E-state index contributed by atoms with van der Waals surface area (Å²) in [5.41, 5.74) is 2.33. The first-order valence-electron chi connectivity index (χ1n) is 6.01. The summed E-state index contributed by atoms with van der Waals surface area (Å²) in [7, 11) is 0. The smallest absolute Gasteiger partial charge is 0.258 e. The molecule has 0 aliphatic carbocycles. The van der Waals surface area contributed by atoms with Crippen LogP contribution in [0.3, 0.4) is 0 Å². The third kappa shape index (κ3) is 3.31. The van der Waals surface area contributed by atoms with Gasteiger partial charge in [0.05, 0.1) is 28.2 Å². The van der Waals surface area contributed by atoms with E-state index in [-0.39, 0.29) is 5.69 Å². The summed E-state index contributed by atoms with van der Waals surface area (Å²) in [6, 6.07) is 16.7. The van der Waals surface area contributed by atoms with Gasteiger partial charge in [-0.2, -0.15) is 10.5 Å². The number of non-ortho nitro benzene ring substituents is 1. The molecule has 0 saturated heterocycles. The van der Waals surface area contributed by atoms with Crippen molar-refractivity contribution < 1.29 is 4.92 Å². The van der Waals surface area contributed by atoms with E-state index in [1.54, 1.807) is 42.5 Å². The average molecular weight is 275 g/mol. The normalized spacial score (nSPS) is 10.5. The summed E-state index contributed by atoms with van der Waals surface area (Å²) < 4.78 is 0. The van der Waals surface area contributed by atoms with Gasteiger partial charge in [0.1, 0.15) is 0 Å². The molecule has 0 amide bonds. The maximum atomic E-state index is 10.6. The molecule has 0 saturated carbocycles. The van der Waals surface area contributed by atoms with Crippen LogP contribution in [0.25, 0.3) is 11.6 Å². The van der Waals surface area contributed by atoms with E-state index in [0.717, 1.165) is 0 Å². The Morgan fingerprint density at radius 2 is 1.67 bits per heavy atom. The van der Waals surface area contributed by atoms with Gasteiger partial charge in [0.25, 0.3) is 5.69 Å². The number of nitriles is 2. The molecule has 0 aliphatic rings. The highest BCUT2D eigenvalue weighted by Crippen LogP contribution is 2.20. The molecule has 21 heavy (non-hydrogen) atoms. The van der Waals surface area contributed by atoms with Crippen LogP contribution in [0.1, 0.15) is 16.7 Å². The lowest BCUT2D eigenvalue weighted by atomic mass is 10.0. The lowest BCUT2D eigenvalue weighted by Crippen LogP contribution is -1.87. The fraction of sp³-hybridized carbons (Fsp3) is 0. The van der Waals surface area contributed by atoms with Crippen molar-refractivity contribution in [3.63, 3.8) is 0 Å². The molecule has 5 nitrogen and oxygen atoms in total. The second kappa shape index (κ2) is 6.14. The predicted octanol–water partition coefficient (Wildman–Crippen LogP) is 3.53. The van der Waals surface area contributed by atoms with Crippen LogP contribution in [0.5, 0.6) is 0 Å². The number of nitro benzene ring substituents is 1. The van der Waals surface area contributed by atoms with Crippen molar-refractivity contribution in [3.05, 3.63) is 75.3 Å². The van der Waals surface area contributed by atoms with Gasteiger partial charge >= 0.3 is 0 Å². The van der Waals surface area contributed by atoms with Crippen molar-refractivity contribution in [2.45, 2.75) is 0 Å². The molecule has 0 atom stereocenters. The number of hydrogen-bond acceptors (Lipinski definition) is 4. The van der Waals surface area contributed by atoms with Gasteiger partial charge in [-0.15, -0.1) is 0 Å². The first-order valence-corrected chi connectivity index (χ1v) is 6.01. The minimum absolute atomic E-state index is 0.00373. The zero-order valence-corrected chi connectivity index (χ0v) is 10.9. The average Bonchev–Trinajstić information content (AvgIpc) is 2.53. The van der Waals surface area contributed by atoms with Crippen LogP contribution in [0.2, 0.25) is 0 Å². The number of hydrogen-bond donors (Lipinski definition) is 0. The van der Waals surface area contributed by atoms with Gasteiger partial charge in [0.2, 0.25) is 0 Å². The van der Waals surface area contributed by atoms with Gasteiger partial charge < -0.3 is 0 Å². The highest BCUT2D eigenvalue weighted by Gasteiger charge is 2.05. The van der Waals surface area contributed by atoms with Crippen molar-refractivity contribution in [2.75, 3.05) is 0 Å². The molecule has 0 unspecified atom stereocenters. The lowest BCUT2D eigenvalue weighted by molar-refractivity contribution is -0.384. The molecule has 0 heterocycles. The monoisotopic (exact) mass is 275 g/mol. The Labute approximate surface area is 121 Å². The third-order valence-electron chi connectivity index (χ3n) is 2.86. The minimum Gasteiger partial charge on any atom is -0.258 e. The molecule has 0 bridgehead atoms. The van der Waals surface area contributed by atoms with Crippen molar-refractivity contribution in [3.8, 4) is 12.1 Å². The summed E-state index contributed by atoms with van der Waals surface area (Å²) in [6.07, 6.45) is 1.64. The Balaban J connectivity index is 2.34. The summed E-state index contributed by atoms with van der Waals surface area (Å²) in [4.78, 5) is 10.1. The second-order valence-corrected chi connectivity index (χ2v) is 4.21. The Morgan fingerprint density at radius 3 is 2.14 bits per heavy atom. The van der Waals surface area contributed by atoms with Crippen molar-refractivity contribution >= 4 is 17.3 Å². The van der Waals surface area contributed by atoms with Crippen molar-refractivity contribution in [1.29, 1.82) is 10.5 Å². The fourth-order valence-electron chi connectivity index (χ4n) is 1.76. The fourth-order valence-corrected chi connectivity index (χ4v) is 1.76. The summed E-state index contributed by atoms with van der Waals surface area (Å²) in [5.74, 6) is 0. The molecule has 0 N–H and O–H groups in total. The molecule has 0 fully saturated rings. The minimum atomic E-state index is -0.473. The number of allylic oxidation sites excluding steroid dienone is 1. The van der Waals surface area contributed by atoms with E-state index in [1.807, 2.05) is 6.07 Å². The number of rotatable bonds is 3. The quantitative estimate of drug-likeness (QED) is 0.371. The topological polar surface area (TPSA) is 90.7 Å². The zero-order chi connectivity index (χ0) is 15.2. The van der Waals surface area contributed by atoms with Crippen LogP contribution in [0.15, 0.2) is 48.5 Å². The summed E-state index contributed by atoms with van der Waals surface area (Å²) in [5, 5.41) is 28.5. The van der Waals surface area contributed by atoms with Crippen LogP contribution in [0, 0.1) is 32.8 Å². The van der Waals surface area contributed by atoms with Crippen LogP contribution < -0.4 is 0 Å². The van der Waals surface area contributed by atoms with E-state index in [1.165, 1.54) is 12.1 Å². The number of nitro groups is 1. The Kier molecular flexibility index (Phi) is 4.09. The molecule has 2 rings (SSSR count). The van der Waals surface area contributed by atoms with E-state index in [4.69, 9.17) is 5.26 Å². The number of benzene rings is 2. The molecule has 100 valence electrons. The van der Waals surface area contributed by atoms with Crippen molar-refractivity contribution in [2.24, 2.45) is 0 Å². The Hall–Kier alpha value is -3.44. The van der Waals surface area contributed by atoms with E-state index < -0.39 is 4.92 Å². The van der Waals surface area contributed by atoms with E-state index >= 15 is 0 Å². The largest absolute Gasteiger partial charge is 0.269 e. The third-order valence-corrected chi connectivity index (χ3v) is 2.86. The second-order valence-electron chi connectivity index (χ2n) is 4.21. The molecular formula is C16H9N3O2. The highest BCUT2D eigenvalue weighted by molar-refractivity contribution is 5.89. The summed E-state index contributed by atoms with van der Waals surface area (Å²) >= 11 is 0. The molecule has 5 heteroatoms. The van der Waals surface area contributed by atoms with Crippen LogP contribution in [-0.2, 0) is 0 Å². The Bertz CT molecular complexity index is 776. The molecule has 2 aromatic carbocycles. The summed E-state index contributed by atoms with van der Waals surface area (Å²) in [6.45, 7) is 0. The zero-order valence-electron chi connectivity index (χ0n) is 10.9. The standard InChI is InChI=1S/C16H9N3O2/c17-10-13-1-5-14(6-2-13)15(11-18)9-12-3-7-16(8-4-12)19(20)21/h1-9H/b15-9+. The molecule has 0 radical (unpaired) electrons. The first kappa shape index (κ1) is 14.0. The van der Waals surface area contributed by atoms with Gasteiger partial charge in [-0.05, 0) is 41.5 Å². The molecule has 0 aliphatic heterocycles. The highest BCUT2D eigenvalue weighted by atomic mass is 16.6.